The van der Waals surface area contributed by atoms with E-state index in [0.717, 1.165) is 57.1 Å². The van der Waals surface area contributed by atoms with Gasteiger partial charge in [0, 0.05) is 36.4 Å². The van der Waals surface area contributed by atoms with E-state index in [0.29, 0.717) is 29.7 Å². The van der Waals surface area contributed by atoms with Gasteiger partial charge in [-0.2, -0.15) is 0 Å². The van der Waals surface area contributed by atoms with E-state index in [9.17, 15) is 9.59 Å². The van der Waals surface area contributed by atoms with E-state index in [-0.39, 0.29) is 23.9 Å². The van der Waals surface area contributed by atoms with Crippen molar-refractivity contribution in [1.29, 1.82) is 0 Å². The van der Waals surface area contributed by atoms with Crippen LogP contribution in [-0.4, -0.2) is 28.9 Å². The van der Waals surface area contributed by atoms with Gasteiger partial charge in [0.15, 0.2) is 5.69 Å². The second kappa shape index (κ2) is 6.90. The van der Waals surface area contributed by atoms with Crippen molar-refractivity contribution in [3.63, 3.8) is 0 Å². The van der Waals surface area contributed by atoms with Crippen LogP contribution < -0.4 is 11.1 Å². The highest BCUT2D eigenvalue weighted by atomic mass is 16.5. The van der Waals surface area contributed by atoms with Crippen LogP contribution in [-0.2, 0) is 4.79 Å². The molecule has 0 spiro atoms. The van der Waals surface area contributed by atoms with E-state index in [4.69, 9.17) is 10.3 Å². The zero-order valence-electron chi connectivity index (χ0n) is 14.6. The van der Waals surface area contributed by atoms with Gasteiger partial charge in [0.25, 0.3) is 5.91 Å². The van der Waals surface area contributed by atoms with E-state index in [1.54, 1.807) is 6.07 Å². The van der Waals surface area contributed by atoms with Gasteiger partial charge < -0.3 is 15.6 Å². The molecule has 0 radical (unpaired) electrons. The molecule has 6 heteroatoms. The number of hydrogen-bond acceptors (Lipinski definition) is 5. The van der Waals surface area contributed by atoms with Crippen molar-refractivity contribution < 1.29 is 14.1 Å². The molecule has 0 saturated heterocycles. The monoisotopic (exact) mass is 345 g/mol. The molecule has 4 rings (SSSR count). The van der Waals surface area contributed by atoms with E-state index >= 15 is 0 Å². The molecule has 3 N–H and O–H groups in total. The first-order valence-electron chi connectivity index (χ1n) is 9.64. The summed E-state index contributed by atoms with van der Waals surface area (Å²) in [7, 11) is 0. The van der Waals surface area contributed by atoms with Crippen LogP contribution in [0.2, 0.25) is 0 Å². The van der Waals surface area contributed by atoms with Crippen LogP contribution in [0.15, 0.2) is 10.6 Å². The molecule has 3 saturated carbocycles. The van der Waals surface area contributed by atoms with Gasteiger partial charge in [-0.15, -0.1) is 0 Å². The zero-order chi connectivity index (χ0) is 17.4. The van der Waals surface area contributed by atoms with Gasteiger partial charge in [0.2, 0.25) is 0 Å². The molecule has 3 aliphatic carbocycles. The highest BCUT2D eigenvalue weighted by molar-refractivity contribution is 5.92. The van der Waals surface area contributed by atoms with E-state index in [1.807, 2.05) is 0 Å². The number of carbonyl (C=O) groups is 2. The molecular formula is C19H27N3O3. The molecule has 1 heterocycles. The highest BCUT2D eigenvalue weighted by Crippen LogP contribution is 2.40. The third-order valence-corrected chi connectivity index (χ3v) is 6.04. The number of hydrogen-bond donors (Lipinski definition) is 2. The Kier molecular flexibility index (Phi) is 4.63. The molecule has 0 bridgehead atoms. The van der Waals surface area contributed by atoms with Crippen molar-refractivity contribution in [2.75, 3.05) is 0 Å². The fraction of sp³-hybridized carbons (Fsp3) is 0.737. The summed E-state index contributed by atoms with van der Waals surface area (Å²) in [5.74, 6) is 2.23. The third-order valence-electron chi connectivity index (χ3n) is 6.04. The first kappa shape index (κ1) is 16.8. The normalized spacial score (nSPS) is 32.0. The summed E-state index contributed by atoms with van der Waals surface area (Å²) in [5.41, 5.74) is 6.16. The topological polar surface area (TPSA) is 98.2 Å². The molecule has 136 valence electrons. The van der Waals surface area contributed by atoms with Crippen LogP contribution in [0.4, 0.5) is 0 Å². The first-order valence-corrected chi connectivity index (χ1v) is 9.64. The molecule has 0 aromatic carbocycles. The highest BCUT2D eigenvalue weighted by Gasteiger charge is 2.34. The van der Waals surface area contributed by atoms with E-state index in [1.165, 1.54) is 0 Å². The number of Topliss-reactive ketones (excluding diaryl/α,β-unsaturated/α-hetero) is 1. The predicted octanol–water partition coefficient (Wildman–Crippen LogP) is 2.54. The largest absolute Gasteiger partial charge is 0.360 e. The lowest BCUT2D eigenvalue weighted by molar-refractivity contribution is -0.126. The lowest BCUT2D eigenvalue weighted by Gasteiger charge is -2.34. The van der Waals surface area contributed by atoms with E-state index < -0.39 is 0 Å². The molecule has 0 aliphatic heterocycles. The lowest BCUT2D eigenvalue weighted by Crippen LogP contribution is -2.41. The van der Waals surface area contributed by atoms with Gasteiger partial charge in [0.1, 0.15) is 11.5 Å². The number of amides is 1. The van der Waals surface area contributed by atoms with Crippen LogP contribution in [0.1, 0.15) is 80.0 Å². The van der Waals surface area contributed by atoms with Crippen LogP contribution in [0, 0.1) is 11.8 Å². The van der Waals surface area contributed by atoms with Crippen molar-refractivity contribution in [3.05, 3.63) is 17.5 Å². The Bertz CT molecular complexity index is 638. The third kappa shape index (κ3) is 3.94. The van der Waals surface area contributed by atoms with Gasteiger partial charge in [-0.3, -0.25) is 9.59 Å². The molecule has 0 unspecified atom stereocenters. The molecule has 3 fully saturated rings. The predicted molar refractivity (Wildman–Crippen MR) is 92.0 cm³/mol. The van der Waals surface area contributed by atoms with Gasteiger partial charge in [-0.1, -0.05) is 5.16 Å². The molecule has 0 atom stereocenters. The average Bonchev–Trinajstić information content (AvgIpc) is 3.30. The van der Waals surface area contributed by atoms with Gasteiger partial charge in [-0.05, 0) is 57.3 Å². The Labute approximate surface area is 147 Å². The number of nitrogens with zero attached hydrogens (tertiary/aromatic N) is 1. The first-order chi connectivity index (χ1) is 12.1. The molecule has 3 aliphatic rings. The van der Waals surface area contributed by atoms with Gasteiger partial charge in [-0.25, -0.2) is 0 Å². The van der Waals surface area contributed by atoms with Crippen molar-refractivity contribution in [3.8, 4) is 0 Å². The summed E-state index contributed by atoms with van der Waals surface area (Å²) < 4.78 is 5.25. The summed E-state index contributed by atoms with van der Waals surface area (Å²) in [5, 5.41) is 6.97. The maximum Gasteiger partial charge on any atom is 0.273 e. The van der Waals surface area contributed by atoms with Crippen molar-refractivity contribution in [2.45, 2.75) is 75.8 Å². The quantitative estimate of drug-likeness (QED) is 0.825. The van der Waals surface area contributed by atoms with Crippen molar-refractivity contribution in [1.82, 2.24) is 10.5 Å². The summed E-state index contributed by atoms with van der Waals surface area (Å²) >= 11 is 0. The Morgan fingerprint density at radius 3 is 2.52 bits per heavy atom. The maximum atomic E-state index is 12.3. The summed E-state index contributed by atoms with van der Waals surface area (Å²) in [6, 6.07) is 2.19. The molecular weight excluding hydrogens is 318 g/mol. The number of rotatable bonds is 6. The van der Waals surface area contributed by atoms with Crippen LogP contribution in [0.5, 0.6) is 0 Å². The number of carbonyl (C=O) groups excluding carboxylic acids is 2. The SMILES string of the molecule is NC1CC(C(=O)CC2CCC(NC(=O)c3cc(C4CC4)on3)CC2)C1. The van der Waals surface area contributed by atoms with Crippen LogP contribution in [0.3, 0.4) is 0 Å². The summed E-state index contributed by atoms with van der Waals surface area (Å²) in [6.07, 6.45) is 8.55. The number of nitrogens with two attached hydrogens (primary N) is 1. The molecule has 1 aromatic rings. The Morgan fingerprint density at radius 2 is 1.88 bits per heavy atom. The molecule has 6 nitrogen and oxygen atoms in total. The minimum absolute atomic E-state index is 0.140. The smallest absolute Gasteiger partial charge is 0.273 e. The minimum atomic E-state index is -0.140. The number of ketones is 1. The van der Waals surface area contributed by atoms with Crippen molar-refractivity contribution >= 4 is 11.7 Å². The average molecular weight is 345 g/mol. The zero-order valence-corrected chi connectivity index (χ0v) is 14.6. The second-order valence-electron chi connectivity index (χ2n) is 8.18. The Balaban J connectivity index is 1.20. The summed E-state index contributed by atoms with van der Waals surface area (Å²) in [6.45, 7) is 0. The van der Waals surface area contributed by atoms with E-state index in [2.05, 4.69) is 10.5 Å². The Hall–Kier alpha value is -1.69. The lowest BCUT2D eigenvalue weighted by atomic mass is 9.74. The fourth-order valence-corrected chi connectivity index (χ4v) is 4.10. The van der Waals surface area contributed by atoms with Crippen molar-refractivity contribution in [2.24, 2.45) is 17.6 Å². The van der Waals surface area contributed by atoms with Gasteiger partial charge in [0.05, 0.1) is 0 Å². The van der Waals surface area contributed by atoms with Gasteiger partial charge >= 0.3 is 0 Å². The minimum Gasteiger partial charge on any atom is -0.360 e. The standard InChI is InChI=1S/C19H27N3O3/c20-14-8-13(9-14)17(23)7-11-1-5-15(6-2-11)21-19(24)16-10-18(25-22-16)12-3-4-12/h10-15H,1-9,20H2,(H,21,24). The number of aromatic nitrogens is 1. The molecule has 25 heavy (non-hydrogen) atoms. The second-order valence-corrected chi connectivity index (χ2v) is 8.18. The van der Waals surface area contributed by atoms with Crippen LogP contribution in [0.25, 0.3) is 0 Å². The number of nitrogens with one attached hydrogen (secondary N) is 1. The molecule has 1 amide bonds. The molecule has 1 aromatic heterocycles. The maximum absolute atomic E-state index is 12.3. The summed E-state index contributed by atoms with van der Waals surface area (Å²) in [4.78, 5) is 24.5. The fourth-order valence-electron chi connectivity index (χ4n) is 4.10. The Morgan fingerprint density at radius 1 is 1.16 bits per heavy atom. The van der Waals surface area contributed by atoms with Crippen LogP contribution >= 0.6 is 0 Å².